The van der Waals surface area contributed by atoms with E-state index < -0.39 is 0 Å². The van der Waals surface area contributed by atoms with Crippen molar-refractivity contribution in [2.75, 3.05) is 6.61 Å². The highest BCUT2D eigenvalue weighted by Gasteiger charge is 2.18. The molecule has 2 aromatic carbocycles. The maximum Gasteiger partial charge on any atom is 0.129 e. The number of nitrogens with two attached hydrogens (primary N) is 1. The summed E-state index contributed by atoms with van der Waals surface area (Å²) >= 11 is 3.54. The molecule has 0 saturated heterocycles. The zero-order chi connectivity index (χ0) is 13.9. The Hall–Kier alpha value is -1.52. The van der Waals surface area contributed by atoms with Crippen molar-refractivity contribution in [3.05, 3.63) is 57.6 Å². The van der Waals surface area contributed by atoms with E-state index in [-0.39, 0.29) is 0 Å². The van der Waals surface area contributed by atoms with Crippen molar-refractivity contribution >= 4 is 15.9 Å². The summed E-state index contributed by atoms with van der Waals surface area (Å²) in [5.74, 6) is 1.81. The average Bonchev–Trinajstić information content (AvgIpc) is 2.93. The predicted molar refractivity (Wildman–Crippen MR) is 82.0 cm³/mol. The molecule has 104 valence electrons. The monoisotopic (exact) mass is 333 g/mol. The molecule has 0 saturated carbocycles. The second kappa shape index (κ2) is 5.85. The van der Waals surface area contributed by atoms with Gasteiger partial charge in [0.05, 0.1) is 6.61 Å². The molecular formula is C16H16BrNO2. The van der Waals surface area contributed by atoms with Crippen molar-refractivity contribution in [3.63, 3.8) is 0 Å². The first-order valence-corrected chi connectivity index (χ1v) is 7.42. The van der Waals surface area contributed by atoms with E-state index in [0.29, 0.717) is 13.2 Å². The number of para-hydroxylation sites is 1. The van der Waals surface area contributed by atoms with Gasteiger partial charge in [0.2, 0.25) is 0 Å². The third-order valence-corrected chi connectivity index (χ3v) is 3.86. The molecule has 0 radical (unpaired) electrons. The van der Waals surface area contributed by atoms with Gasteiger partial charge in [-0.25, -0.2) is 0 Å². The molecule has 0 unspecified atom stereocenters. The van der Waals surface area contributed by atoms with Crippen LogP contribution in [0, 0.1) is 0 Å². The van der Waals surface area contributed by atoms with Crippen LogP contribution in [0.15, 0.2) is 40.9 Å². The van der Waals surface area contributed by atoms with Gasteiger partial charge in [0.1, 0.15) is 18.1 Å². The number of hydrogen-bond donors (Lipinski definition) is 1. The lowest BCUT2D eigenvalue weighted by Gasteiger charge is -2.13. The molecule has 4 heteroatoms. The Bertz CT molecular complexity index is 628. The van der Waals surface area contributed by atoms with Gasteiger partial charge in [-0.3, -0.25) is 0 Å². The van der Waals surface area contributed by atoms with Gasteiger partial charge in [-0.1, -0.05) is 34.1 Å². The minimum Gasteiger partial charge on any atom is -0.493 e. The molecule has 2 N–H and O–H groups in total. The normalized spacial score (nSPS) is 12.9. The molecule has 0 bridgehead atoms. The van der Waals surface area contributed by atoms with Crippen molar-refractivity contribution in [3.8, 4) is 11.5 Å². The van der Waals surface area contributed by atoms with Crippen LogP contribution in [0.2, 0.25) is 0 Å². The number of hydrogen-bond acceptors (Lipinski definition) is 3. The number of fused-ring (bicyclic) bond motifs is 1. The number of benzene rings is 2. The van der Waals surface area contributed by atoms with Gasteiger partial charge >= 0.3 is 0 Å². The first kappa shape index (κ1) is 13.5. The van der Waals surface area contributed by atoms with Crippen LogP contribution in [0.25, 0.3) is 0 Å². The van der Waals surface area contributed by atoms with E-state index in [0.717, 1.165) is 40.1 Å². The Morgan fingerprint density at radius 2 is 2.05 bits per heavy atom. The Kier molecular flexibility index (Phi) is 3.94. The molecular weight excluding hydrogens is 318 g/mol. The van der Waals surface area contributed by atoms with Crippen LogP contribution in [-0.4, -0.2) is 6.61 Å². The third-order valence-electron chi connectivity index (χ3n) is 3.40. The largest absolute Gasteiger partial charge is 0.493 e. The molecule has 1 aliphatic rings. The summed E-state index contributed by atoms with van der Waals surface area (Å²) in [5.41, 5.74) is 9.04. The summed E-state index contributed by atoms with van der Waals surface area (Å²) in [4.78, 5) is 0. The maximum absolute atomic E-state index is 5.91. The van der Waals surface area contributed by atoms with E-state index in [1.165, 1.54) is 5.56 Å². The number of halogens is 1. The van der Waals surface area contributed by atoms with Crippen LogP contribution in [0.1, 0.15) is 16.7 Å². The Morgan fingerprint density at radius 1 is 1.20 bits per heavy atom. The van der Waals surface area contributed by atoms with E-state index in [1.54, 1.807) is 0 Å². The number of rotatable bonds is 4. The van der Waals surface area contributed by atoms with Crippen LogP contribution in [0.3, 0.4) is 0 Å². The second-order valence-electron chi connectivity index (χ2n) is 4.75. The minimum absolute atomic E-state index is 0.475. The zero-order valence-corrected chi connectivity index (χ0v) is 12.7. The number of ether oxygens (including phenoxy) is 2. The van der Waals surface area contributed by atoms with E-state index in [4.69, 9.17) is 15.2 Å². The van der Waals surface area contributed by atoms with Crippen LogP contribution in [-0.2, 0) is 19.6 Å². The van der Waals surface area contributed by atoms with E-state index in [9.17, 15) is 0 Å². The molecule has 20 heavy (non-hydrogen) atoms. The first-order valence-electron chi connectivity index (χ1n) is 6.63. The van der Waals surface area contributed by atoms with Crippen LogP contribution in [0.5, 0.6) is 11.5 Å². The third kappa shape index (κ3) is 2.67. The molecule has 3 nitrogen and oxygen atoms in total. The SMILES string of the molecule is NCc1ccccc1OCc1cc(Br)cc2c1OCC2. The fraction of sp³-hybridized carbons (Fsp3) is 0.250. The second-order valence-corrected chi connectivity index (χ2v) is 5.67. The van der Waals surface area contributed by atoms with Gasteiger partial charge in [0, 0.05) is 28.6 Å². The summed E-state index contributed by atoms with van der Waals surface area (Å²) in [6.45, 7) is 1.71. The Balaban J connectivity index is 1.82. The minimum atomic E-state index is 0.475. The average molecular weight is 334 g/mol. The van der Waals surface area contributed by atoms with E-state index in [2.05, 4.69) is 28.1 Å². The highest BCUT2D eigenvalue weighted by Crippen LogP contribution is 2.33. The zero-order valence-electron chi connectivity index (χ0n) is 11.1. The van der Waals surface area contributed by atoms with Gasteiger partial charge < -0.3 is 15.2 Å². The lowest BCUT2D eigenvalue weighted by Crippen LogP contribution is -2.03. The molecule has 3 rings (SSSR count). The van der Waals surface area contributed by atoms with Crippen molar-refractivity contribution < 1.29 is 9.47 Å². The smallest absolute Gasteiger partial charge is 0.129 e. The molecule has 1 aliphatic heterocycles. The maximum atomic E-state index is 5.91. The highest BCUT2D eigenvalue weighted by molar-refractivity contribution is 9.10. The molecule has 1 heterocycles. The summed E-state index contributed by atoms with van der Waals surface area (Å²) in [6.07, 6.45) is 0.959. The summed E-state index contributed by atoms with van der Waals surface area (Å²) in [7, 11) is 0. The molecule has 0 fully saturated rings. The quantitative estimate of drug-likeness (QED) is 0.932. The topological polar surface area (TPSA) is 44.5 Å². The van der Waals surface area contributed by atoms with E-state index in [1.807, 2.05) is 24.3 Å². The van der Waals surface area contributed by atoms with Gasteiger partial charge in [0.25, 0.3) is 0 Å². The Labute approximate surface area is 126 Å². The van der Waals surface area contributed by atoms with Gasteiger partial charge in [-0.15, -0.1) is 0 Å². The van der Waals surface area contributed by atoms with Gasteiger partial charge in [0.15, 0.2) is 0 Å². The fourth-order valence-electron chi connectivity index (χ4n) is 2.42. The van der Waals surface area contributed by atoms with Crippen molar-refractivity contribution in [2.24, 2.45) is 5.73 Å². The molecule has 0 amide bonds. The van der Waals surface area contributed by atoms with Crippen molar-refractivity contribution in [1.29, 1.82) is 0 Å². The standard InChI is InChI=1S/C16H16BrNO2/c17-14-7-11-5-6-19-16(11)13(8-14)10-20-15-4-2-1-3-12(15)9-18/h1-4,7-8H,5-6,9-10,18H2. The molecule has 0 aromatic heterocycles. The lowest BCUT2D eigenvalue weighted by molar-refractivity contribution is 0.289. The lowest BCUT2D eigenvalue weighted by atomic mass is 10.1. The summed E-state index contributed by atoms with van der Waals surface area (Å²) in [6, 6.07) is 12.0. The van der Waals surface area contributed by atoms with Crippen LogP contribution >= 0.6 is 15.9 Å². The van der Waals surface area contributed by atoms with Crippen LogP contribution < -0.4 is 15.2 Å². The molecule has 2 aromatic rings. The molecule has 0 atom stereocenters. The van der Waals surface area contributed by atoms with Crippen molar-refractivity contribution in [2.45, 2.75) is 19.6 Å². The Morgan fingerprint density at radius 3 is 2.90 bits per heavy atom. The molecule has 0 aliphatic carbocycles. The predicted octanol–water partition coefficient (Wildman–Crippen LogP) is 3.42. The van der Waals surface area contributed by atoms with Gasteiger partial charge in [-0.05, 0) is 23.8 Å². The summed E-state index contributed by atoms with van der Waals surface area (Å²) < 4.78 is 12.7. The van der Waals surface area contributed by atoms with Gasteiger partial charge in [-0.2, -0.15) is 0 Å². The molecule has 0 spiro atoms. The first-order chi connectivity index (χ1) is 9.78. The highest BCUT2D eigenvalue weighted by atomic mass is 79.9. The van der Waals surface area contributed by atoms with Crippen LogP contribution in [0.4, 0.5) is 0 Å². The fourth-order valence-corrected chi connectivity index (χ4v) is 2.97. The van der Waals surface area contributed by atoms with E-state index >= 15 is 0 Å². The van der Waals surface area contributed by atoms with Crippen molar-refractivity contribution in [1.82, 2.24) is 0 Å². The summed E-state index contributed by atoms with van der Waals surface area (Å²) in [5, 5.41) is 0.